The molecule has 0 aliphatic carbocycles. The van der Waals surface area contributed by atoms with Crippen LogP contribution in [0.5, 0.6) is 0 Å². The van der Waals surface area contributed by atoms with E-state index >= 15 is 0 Å². The SMILES string of the molecule is O=S(=O)(c1ccc2nnn(OCc3cccc(Cl)c3)c2c1)N1CCOCC1. The third kappa shape index (κ3) is 3.77. The van der Waals surface area contributed by atoms with Crippen molar-refractivity contribution in [2.75, 3.05) is 26.3 Å². The fraction of sp³-hybridized carbons (Fsp3) is 0.294. The lowest BCUT2D eigenvalue weighted by molar-refractivity contribution is 0.0729. The molecule has 0 bridgehead atoms. The van der Waals surface area contributed by atoms with E-state index in [-0.39, 0.29) is 11.5 Å². The molecule has 0 atom stereocenters. The lowest BCUT2D eigenvalue weighted by Crippen LogP contribution is -2.40. The van der Waals surface area contributed by atoms with Gasteiger partial charge < -0.3 is 9.57 Å². The average Bonchev–Trinajstić information content (AvgIpc) is 3.09. The van der Waals surface area contributed by atoms with Gasteiger partial charge in [0.2, 0.25) is 10.0 Å². The Morgan fingerprint density at radius 1 is 1.15 bits per heavy atom. The molecule has 27 heavy (non-hydrogen) atoms. The lowest BCUT2D eigenvalue weighted by atomic mass is 10.2. The summed E-state index contributed by atoms with van der Waals surface area (Å²) in [4.78, 5) is 7.07. The van der Waals surface area contributed by atoms with E-state index in [1.807, 2.05) is 12.1 Å². The predicted molar refractivity (Wildman–Crippen MR) is 98.8 cm³/mol. The second kappa shape index (κ2) is 7.43. The largest absolute Gasteiger partial charge is 0.390 e. The minimum absolute atomic E-state index is 0.173. The molecule has 1 aromatic heterocycles. The summed E-state index contributed by atoms with van der Waals surface area (Å²) >= 11 is 5.97. The zero-order valence-corrected chi connectivity index (χ0v) is 15.9. The van der Waals surface area contributed by atoms with Crippen molar-refractivity contribution in [1.29, 1.82) is 0 Å². The number of hydrogen-bond donors (Lipinski definition) is 0. The van der Waals surface area contributed by atoms with Crippen LogP contribution < -0.4 is 4.84 Å². The van der Waals surface area contributed by atoms with Crippen molar-refractivity contribution in [3.63, 3.8) is 0 Å². The summed E-state index contributed by atoms with van der Waals surface area (Å²) in [5.74, 6) is 0. The van der Waals surface area contributed by atoms with Crippen LogP contribution in [-0.4, -0.2) is 54.2 Å². The molecule has 2 heterocycles. The summed E-state index contributed by atoms with van der Waals surface area (Å²) in [5, 5.41) is 8.58. The van der Waals surface area contributed by atoms with E-state index in [1.165, 1.54) is 21.3 Å². The molecule has 1 saturated heterocycles. The molecule has 0 amide bonds. The van der Waals surface area contributed by atoms with Crippen molar-refractivity contribution in [3.05, 3.63) is 53.1 Å². The highest BCUT2D eigenvalue weighted by molar-refractivity contribution is 7.89. The van der Waals surface area contributed by atoms with Crippen LogP contribution in [0.15, 0.2) is 47.4 Å². The Bertz CT molecular complexity index is 1060. The number of rotatable bonds is 5. The standard InChI is InChI=1S/C17H17ClN4O4S/c18-14-3-1-2-13(10-14)12-26-22-17-11-15(4-5-16(17)19-20-22)27(23,24)21-6-8-25-9-7-21/h1-5,10-11H,6-9,12H2. The second-order valence-corrected chi connectivity index (χ2v) is 8.41. The molecule has 0 unspecified atom stereocenters. The molecule has 10 heteroatoms. The zero-order chi connectivity index (χ0) is 18.9. The smallest absolute Gasteiger partial charge is 0.243 e. The maximum Gasteiger partial charge on any atom is 0.243 e. The molecule has 0 saturated carbocycles. The van der Waals surface area contributed by atoms with Gasteiger partial charge in [-0.3, -0.25) is 0 Å². The first-order valence-electron chi connectivity index (χ1n) is 8.35. The summed E-state index contributed by atoms with van der Waals surface area (Å²) in [6, 6.07) is 11.9. The van der Waals surface area contributed by atoms with E-state index < -0.39 is 10.0 Å². The van der Waals surface area contributed by atoms with Crippen LogP contribution in [0.25, 0.3) is 11.0 Å². The van der Waals surface area contributed by atoms with E-state index in [0.717, 1.165) is 5.56 Å². The van der Waals surface area contributed by atoms with E-state index in [1.54, 1.807) is 18.2 Å². The van der Waals surface area contributed by atoms with Crippen molar-refractivity contribution < 1.29 is 18.0 Å². The number of halogens is 1. The average molecular weight is 409 g/mol. The summed E-state index contributed by atoms with van der Waals surface area (Å²) in [7, 11) is -3.61. The molecule has 8 nitrogen and oxygen atoms in total. The van der Waals surface area contributed by atoms with E-state index in [4.69, 9.17) is 21.2 Å². The maximum atomic E-state index is 12.8. The van der Waals surface area contributed by atoms with Crippen LogP contribution in [0.4, 0.5) is 0 Å². The highest BCUT2D eigenvalue weighted by Crippen LogP contribution is 2.21. The molecule has 2 aromatic carbocycles. The molecule has 1 fully saturated rings. The van der Waals surface area contributed by atoms with Crippen molar-refractivity contribution in [1.82, 2.24) is 19.5 Å². The van der Waals surface area contributed by atoms with Gasteiger partial charge in [-0.2, -0.15) is 4.31 Å². The van der Waals surface area contributed by atoms with Crippen molar-refractivity contribution in [2.45, 2.75) is 11.5 Å². The lowest BCUT2D eigenvalue weighted by Gasteiger charge is -2.26. The highest BCUT2D eigenvalue weighted by atomic mass is 35.5. The van der Waals surface area contributed by atoms with E-state index in [0.29, 0.717) is 42.4 Å². The minimum atomic E-state index is -3.61. The van der Waals surface area contributed by atoms with E-state index in [2.05, 4.69) is 10.3 Å². The topological polar surface area (TPSA) is 86.5 Å². The molecule has 0 spiro atoms. The number of benzene rings is 2. The fourth-order valence-electron chi connectivity index (χ4n) is 2.83. The third-order valence-corrected chi connectivity index (χ3v) is 6.37. The molecule has 1 aliphatic heterocycles. The molecule has 4 rings (SSSR count). The quantitative estimate of drug-likeness (QED) is 0.639. The Labute approximate surface area is 161 Å². The Morgan fingerprint density at radius 3 is 2.74 bits per heavy atom. The summed E-state index contributed by atoms with van der Waals surface area (Å²) in [5.41, 5.74) is 1.89. The Morgan fingerprint density at radius 2 is 1.96 bits per heavy atom. The molecule has 3 aromatic rings. The first kappa shape index (κ1) is 18.2. The van der Waals surface area contributed by atoms with Gasteiger partial charge in [0.15, 0.2) is 0 Å². The van der Waals surface area contributed by atoms with Crippen LogP contribution in [-0.2, 0) is 21.4 Å². The maximum absolute atomic E-state index is 12.8. The van der Waals surface area contributed by atoms with Gasteiger partial charge in [0.1, 0.15) is 17.6 Å². The monoisotopic (exact) mass is 408 g/mol. The van der Waals surface area contributed by atoms with Crippen LogP contribution in [0, 0.1) is 0 Å². The van der Waals surface area contributed by atoms with E-state index in [9.17, 15) is 8.42 Å². The number of aromatic nitrogens is 3. The predicted octanol–water partition coefficient (Wildman–Crippen LogP) is 1.73. The summed E-state index contributed by atoms with van der Waals surface area (Å²) in [6.45, 7) is 1.68. The fourth-order valence-corrected chi connectivity index (χ4v) is 4.47. The first-order chi connectivity index (χ1) is 13.0. The Kier molecular flexibility index (Phi) is 5.00. The molecule has 0 N–H and O–H groups in total. The van der Waals surface area contributed by atoms with Gasteiger partial charge >= 0.3 is 0 Å². The first-order valence-corrected chi connectivity index (χ1v) is 10.2. The van der Waals surface area contributed by atoms with Crippen LogP contribution in [0.1, 0.15) is 5.56 Å². The summed E-state index contributed by atoms with van der Waals surface area (Å²) < 4.78 is 32.3. The van der Waals surface area contributed by atoms with Gasteiger partial charge in [0.05, 0.1) is 18.1 Å². The van der Waals surface area contributed by atoms with Gasteiger partial charge in [0.25, 0.3) is 0 Å². The van der Waals surface area contributed by atoms with Gasteiger partial charge in [-0.05, 0) is 41.1 Å². The molecule has 142 valence electrons. The molecular formula is C17H17ClN4O4S. The second-order valence-electron chi connectivity index (χ2n) is 6.03. The Hall–Kier alpha value is -2.20. The Balaban J connectivity index is 1.61. The number of ether oxygens (including phenoxy) is 1. The highest BCUT2D eigenvalue weighted by Gasteiger charge is 2.27. The number of fused-ring (bicyclic) bond motifs is 1. The van der Waals surface area contributed by atoms with Crippen LogP contribution in [0.3, 0.4) is 0 Å². The van der Waals surface area contributed by atoms with Gasteiger partial charge in [0, 0.05) is 18.1 Å². The van der Waals surface area contributed by atoms with Gasteiger partial charge in [-0.25, -0.2) is 8.42 Å². The number of sulfonamides is 1. The van der Waals surface area contributed by atoms with Gasteiger partial charge in [-0.1, -0.05) is 28.6 Å². The minimum Gasteiger partial charge on any atom is -0.390 e. The molecule has 1 aliphatic rings. The molecular weight excluding hydrogens is 392 g/mol. The van der Waals surface area contributed by atoms with Crippen LogP contribution >= 0.6 is 11.6 Å². The number of nitrogens with zero attached hydrogens (tertiary/aromatic N) is 4. The van der Waals surface area contributed by atoms with Crippen molar-refractivity contribution >= 4 is 32.7 Å². The zero-order valence-electron chi connectivity index (χ0n) is 14.3. The van der Waals surface area contributed by atoms with Crippen LogP contribution in [0.2, 0.25) is 5.02 Å². The number of morpholine rings is 1. The normalized spacial score (nSPS) is 15.9. The van der Waals surface area contributed by atoms with Crippen molar-refractivity contribution in [3.8, 4) is 0 Å². The number of hydrogen-bond acceptors (Lipinski definition) is 6. The molecule has 0 radical (unpaired) electrons. The van der Waals surface area contributed by atoms with Gasteiger partial charge in [-0.15, -0.1) is 5.10 Å². The third-order valence-electron chi connectivity index (χ3n) is 4.24. The van der Waals surface area contributed by atoms with Crippen molar-refractivity contribution in [2.24, 2.45) is 0 Å². The summed E-state index contributed by atoms with van der Waals surface area (Å²) in [6.07, 6.45) is 0.